The summed E-state index contributed by atoms with van der Waals surface area (Å²) in [4.78, 5) is 18.9. The van der Waals surface area contributed by atoms with E-state index >= 15 is 0 Å². The maximum atomic E-state index is 12.6. The molecule has 144 valence electrons. The molecule has 1 aliphatic carbocycles. The summed E-state index contributed by atoms with van der Waals surface area (Å²) in [6.45, 7) is 4.15. The van der Waals surface area contributed by atoms with Crippen molar-refractivity contribution in [2.45, 2.75) is 44.6 Å². The normalized spacial score (nSPS) is 22.2. The average molecular weight is 354 g/mol. The number of hydrogen-bond donors (Lipinski definition) is 2. The first-order valence-electron chi connectivity index (χ1n) is 9.57. The van der Waals surface area contributed by atoms with Crippen molar-refractivity contribution >= 4 is 11.9 Å². The minimum absolute atomic E-state index is 0.259. The zero-order valence-electron chi connectivity index (χ0n) is 15.8. The molecule has 2 aliphatic rings. The Morgan fingerprint density at radius 3 is 2.68 bits per heavy atom. The number of nitrogens with one attached hydrogen (secondary N) is 2. The molecule has 2 rings (SSSR count). The molecule has 1 unspecified atom stereocenters. The Morgan fingerprint density at radius 1 is 1.16 bits per heavy atom. The molecule has 1 heterocycles. The van der Waals surface area contributed by atoms with E-state index in [0.29, 0.717) is 32.3 Å². The molecule has 1 amide bonds. The van der Waals surface area contributed by atoms with Gasteiger partial charge in [0.05, 0.1) is 19.8 Å². The lowest BCUT2D eigenvalue weighted by Gasteiger charge is -2.26. The SMILES string of the molecule is CN=C(NCCOCCOC)NC1CCN(C(=O)C2CCCCC2)C1. The molecule has 0 bridgehead atoms. The number of guanidine groups is 1. The zero-order chi connectivity index (χ0) is 17.9. The molecule has 0 spiro atoms. The van der Waals surface area contributed by atoms with Crippen molar-refractivity contribution in [3.05, 3.63) is 0 Å². The Labute approximate surface area is 151 Å². The Morgan fingerprint density at radius 2 is 1.96 bits per heavy atom. The van der Waals surface area contributed by atoms with Crippen molar-refractivity contribution in [1.29, 1.82) is 0 Å². The molecule has 2 fully saturated rings. The number of amides is 1. The third-order valence-electron chi connectivity index (χ3n) is 4.99. The highest BCUT2D eigenvalue weighted by Crippen LogP contribution is 2.26. The van der Waals surface area contributed by atoms with Crippen LogP contribution in [0.2, 0.25) is 0 Å². The molecular weight excluding hydrogens is 320 g/mol. The number of nitrogens with zero attached hydrogens (tertiary/aromatic N) is 2. The number of rotatable bonds is 8. The minimum atomic E-state index is 0.259. The summed E-state index contributed by atoms with van der Waals surface area (Å²) in [5, 5.41) is 6.67. The van der Waals surface area contributed by atoms with Gasteiger partial charge in [-0.15, -0.1) is 0 Å². The van der Waals surface area contributed by atoms with E-state index in [1.54, 1.807) is 14.2 Å². The van der Waals surface area contributed by atoms with Crippen LogP contribution in [0.3, 0.4) is 0 Å². The van der Waals surface area contributed by atoms with Gasteiger partial charge >= 0.3 is 0 Å². The summed E-state index contributed by atoms with van der Waals surface area (Å²) in [6, 6.07) is 0.271. The fraction of sp³-hybridized carbons (Fsp3) is 0.889. The van der Waals surface area contributed by atoms with Crippen LogP contribution in [-0.2, 0) is 14.3 Å². The lowest BCUT2D eigenvalue weighted by Crippen LogP contribution is -2.46. The standard InChI is InChI=1S/C18H34N4O3/c1-19-18(20-9-11-25-13-12-24-2)21-16-8-10-22(14-16)17(23)15-6-4-3-5-7-15/h15-16H,3-14H2,1-2H3,(H2,19,20,21). The predicted octanol–water partition coefficient (Wildman–Crippen LogP) is 0.996. The predicted molar refractivity (Wildman–Crippen MR) is 98.8 cm³/mol. The van der Waals surface area contributed by atoms with Crippen molar-refractivity contribution in [1.82, 2.24) is 15.5 Å². The quantitative estimate of drug-likeness (QED) is 0.386. The van der Waals surface area contributed by atoms with Crippen LogP contribution in [0.4, 0.5) is 0 Å². The molecular formula is C18H34N4O3. The maximum absolute atomic E-state index is 12.6. The van der Waals surface area contributed by atoms with Gasteiger partial charge in [0.1, 0.15) is 0 Å². The molecule has 7 heteroatoms. The Bertz CT molecular complexity index is 425. The Kier molecular flexibility index (Phi) is 9.04. The molecule has 7 nitrogen and oxygen atoms in total. The van der Waals surface area contributed by atoms with E-state index in [1.165, 1.54) is 19.3 Å². The fourth-order valence-electron chi connectivity index (χ4n) is 3.56. The highest BCUT2D eigenvalue weighted by molar-refractivity contribution is 5.81. The van der Waals surface area contributed by atoms with Crippen LogP contribution in [0, 0.1) is 5.92 Å². The summed E-state index contributed by atoms with van der Waals surface area (Å²) in [7, 11) is 3.43. The monoisotopic (exact) mass is 354 g/mol. The number of ether oxygens (including phenoxy) is 2. The maximum Gasteiger partial charge on any atom is 0.225 e. The molecule has 0 aromatic rings. The van der Waals surface area contributed by atoms with Crippen LogP contribution in [0.1, 0.15) is 38.5 Å². The molecule has 1 atom stereocenters. The first-order chi connectivity index (χ1) is 12.2. The van der Waals surface area contributed by atoms with Gasteiger partial charge in [0.15, 0.2) is 5.96 Å². The van der Waals surface area contributed by atoms with Crippen LogP contribution in [0.5, 0.6) is 0 Å². The van der Waals surface area contributed by atoms with Gasteiger partial charge in [0.2, 0.25) is 5.91 Å². The van der Waals surface area contributed by atoms with Crippen molar-refractivity contribution in [3.8, 4) is 0 Å². The van der Waals surface area contributed by atoms with Crippen LogP contribution in [-0.4, -0.2) is 76.4 Å². The minimum Gasteiger partial charge on any atom is -0.382 e. The van der Waals surface area contributed by atoms with Crippen molar-refractivity contribution in [3.63, 3.8) is 0 Å². The molecule has 0 aromatic carbocycles. The lowest BCUT2D eigenvalue weighted by molar-refractivity contribution is -0.135. The molecule has 2 N–H and O–H groups in total. The summed E-state index contributed by atoms with van der Waals surface area (Å²) in [6.07, 6.45) is 6.80. The third kappa shape index (κ3) is 6.82. The summed E-state index contributed by atoms with van der Waals surface area (Å²) < 4.78 is 10.4. The number of carbonyl (C=O) groups excluding carboxylic acids is 1. The molecule has 1 saturated carbocycles. The van der Waals surface area contributed by atoms with Crippen LogP contribution < -0.4 is 10.6 Å². The third-order valence-corrected chi connectivity index (χ3v) is 4.99. The molecule has 0 radical (unpaired) electrons. The van der Waals surface area contributed by atoms with Gasteiger partial charge in [-0.05, 0) is 19.3 Å². The van der Waals surface area contributed by atoms with E-state index in [9.17, 15) is 4.79 Å². The van der Waals surface area contributed by atoms with E-state index in [-0.39, 0.29) is 12.0 Å². The van der Waals surface area contributed by atoms with Gasteiger partial charge in [-0.25, -0.2) is 0 Å². The van der Waals surface area contributed by atoms with Crippen LogP contribution in [0.15, 0.2) is 4.99 Å². The number of likely N-dealkylation sites (tertiary alicyclic amines) is 1. The summed E-state index contributed by atoms with van der Waals surface area (Å²) in [5.41, 5.74) is 0. The second-order valence-electron chi connectivity index (χ2n) is 6.85. The van der Waals surface area contributed by atoms with E-state index in [1.807, 2.05) is 4.90 Å². The second-order valence-corrected chi connectivity index (χ2v) is 6.85. The molecule has 25 heavy (non-hydrogen) atoms. The molecule has 1 saturated heterocycles. The summed E-state index contributed by atoms with van der Waals surface area (Å²) >= 11 is 0. The highest BCUT2D eigenvalue weighted by atomic mass is 16.5. The first-order valence-corrected chi connectivity index (χ1v) is 9.57. The highest BCUT2D eigenvalue weighted by Gasteiger charge is 2.31. The van der Waals surface area contributed by atoms with Gasteiger partial charge in [-0.2, -0.15) is 0 Å². The van der Waals surface area contributed by atoms with E-state index in [2.05, 4.69) is 15.6 Å². The molecule has 1 aliphatic heterocycles. The van der Waals surface area contributed by atoms with E-state index < -0.39 is 0 Å². The second kappa shape index (κ2) is 11.3. The smallest absolute Gasteiger partial charge is 0.225 e. The molecule has 0 aromatic heterocycles. The fourth-order valence-corrected chi connectivity index (χ4v) is 3.56. The largest absolute Gasteiger partial charge is 0.382 e. The van der Waals surface area contributed by atoms with Crippen LogP contribution in [0.25, 0.3) is 0 Å². The Hall–Kier alpha value is -1.34. The summed E-state index contributed by atoms with van der Waals surface area (Å²) in [5.74, 6) is 1.39. The zero-order valence-corrected chi connectivity index (χ0v) is 15.8. The first kappa shape index (κ1) is 20.0. The number of carbonyl (C=O) groups is 1. The van der Waals surface area contributed by atoms with Crippen LogP contribution >= 0.6 is 0 Å². The average Bonchev–Trinajstić information content (AvgIpc) is 3.12. The van der Waals surface area contributed by atoms with E-state index in [4.69, 9.17) is 9.47 Å². The number of aliphatic imine (C=N–C) groups is 1. The van der Waals surface area contributed by atoms with Gasteiger partial charge < -0.3 is 25.0 Å². The van der Waals surface area contributed by atoms with Gasteiger partial charge in [-0.3, -0.25) is 9.79 Å². The van der Waals surface area contributed by atoms with Crippen molar-refractivity contribution in [2.24, 2.45) is 10.9 Å². The lowest BCUT2D eigenvalue weighted by atomic mass is 9.88. The Balaban J connectivity index is 1.65. The topological polar surface area (TPSA) is 75.2 Å². The number of methoxy groups -OCH3 is 1. The van der Waals surface area contributed by atoms with Crippen molar-refractivity contribution in [2.75, 3.05) is 53.6 Å². The number of hydrogen-bond acceptors (Lipinski definition) is 4. The van der Waals surface area contributed by atoms with Gasteiger partial charge in [0, 0.05) is 45.8 Å². The van der Waals surface area contributed by atoms with E-state index in [0.717, 1.165) is 38.3 Å². The van der Waals surface area contributed by atoms with Gasteiger partial charge in [-0.1, -0.05) is 19.3 Å². The van der Waals surface area contributed by atoms with Gasteiger partial charge in [0.25, 0.3) is 0 Å². The van der Waals surface area contributed by atoms with Crippen molar-refractivity contribution < 1.29 is 14.3 Å².